The Kier molecular flexibility index (Phi) is 3.80. The summed E-state index contributed by atoms with van der Waals surface area (Å²) < 4.78 is 0. The third-order valence-electron chi connectivity index (χ3n) is 2.17. The molecule has 8 nitrogen and oxygen atoms in total. The van der Waals surface area contributed by atoms with E-state index >= 15 is 0 Å². The van der Waals surface area contributed by atoms with Gasteiger partial charge in [0.15, 0.2) is 5.71 Å². The minimum absolute atomic E-state index is 0.134. The summed E-state index contributed by atoms with van der Waals surface area (Å²) in [5, 5.41) is 21.6. The Morgan fingerprint density at radius 3 is 3.00 bits per heavy atom. The summed E-state index contributed by atoms with van der Waals surface area (Å²) in [6.45, 7) is 0. The Hall–Kier alpha value is -2.50. The minimum Gasteiger partial charge on any atom is -0.279 e. The summed E-state index contributed by atoms with van der Waals surface area (Å²) >= 11 is 0. The molecule has 1 heterocycles. The van der Waals surface area contributed by atoms with Crippen molar-refractivity contribution in [3.8, 4) is 6.07 Å². The lowest BCUT2D eigenvalue weighted by Crippen LogP contribution is -2.40. The van der Waals surface area contributed by atoms with Crippen LogP contribution in [0.15, 0.2) is 45.8 Å². The molecule has 0 bridgehead atoms. The highest BCUT2D eigenvalue weighted by molar-refractivity contribution is 6.02. The van der Waals surface area contributed by atoms with E-state index in [1.54, 1.807) is 0 Å². The van der Waals surface area contributed by atoms with Crippen molar-refractivity contribution in [3.05, 3.63) is 30.3 Å². The molecule has 2 rings (SSSR count). The van der Waals surface area contributed by atoms with Gasteiger partial charge in [-0.05, 0) is 12.1 Å². The number of hydrazone groups is 1. The lowest BCUT2D eigenvalue weighted by Gasteiger charge is -2.15. The van der Waals surface area contributed by atoms with Crippen LogP contribution in [0.25, 0.3) is 0 Å². The van der Waals surface area contributed by atoms with Gasteiger partial charge in [0.25, 0.3) is 0 Å². The van der Waals surface area contributed by atoms with E-state index in [2.05, 4.69) is 26.4 Å². The van der Waals surface area contributed by atoms with Crippen LogP contribution in [0, 0.1) is 11.3 Å². The van der Waals surface area contributed by atoms with Crippen molar-refractivity contribution in [2.45, 2.75) is 6.17 Å². The molecule has 1 aliphatic rings. The van der Waals surface area contributed by atoms with Gasteiger partial charge in [-0.15, -0.1) is 5.11 Å². The smallest absolute Gasteiger partial charge is 0.223 e. The van der Waals surface area contributed by atoms with Gasteiger partial charge in [-0.3, -0.25) is 10.3 Å². The average Bonchev–Trinajstić information content (AvgIpc) is 2.89. The maximum Gasteiger partial charge on any atom is 0.223 e. The SMILES string of the molecule is CON1NN=NC1C(C#N)=NNc1ccccc1. The first-order valence-electron chi connectivity index (χ1n) is 5.12. The zero-order valence-electron chi connectivity index (χ0n) is 9.61. The number of nitrogens with zero attached hydrogens (tertiary/aromatic N) is 5. The van der Waals surface area contributed by atoms with E-state index in [4.69, 9.17) is 10.1 Å². The highest BCUT2D eigenvalue weighted by Gasteiger charge is 2.28. The molecule has 0 spiro atoms. The van der Waals surface area contributed by atoms with Gasteiger partial charge in [0, 0.05) is 0 Å². The number of nitriles is 1. The Morgan fingerprint density at radius 1 is 1.56 bits per heavy atom. The van der Waals surface area contributed by atoms with Gasteiger partial charge in [-0.1, -0.05) is 28.6 Å². The van der Waals surface area contributed by atoms with Crippen LogP contribution in [-0.4, -0.2) is 24.2 Å². The van der Waals surface area contributed by atoms with Crippen molar-refractivity contribution in [2.24, 2.45) is 15.4 Å². The topological polar surface area (TPSA) is 97.4 Å². The lowest BCUT2D eigenvalue weighted by molar-refractivity contribution is -0.168. The number of anilines is 1. The number of benzene rings is 1. The number of hydroxylamine groups is 1. The van der Waals surface area contributed by atoms with Crippen LogP contribution < -0.4 is 11.0 Å². The van der Waals surface area contributed by atoms with E-state index in [0.717, 1.165) is 5.69 Å². The summed E-state index contributed by atoms with van der Waals surface area (Å²) in [4.78, 5) is 4.93. The van der Waals surface area contributed by atoms with Gasteiger partial charge in [0.05, 0.1) is 12.8 Å². The number of hydrogen-bond acceptors (Lipinski definition) is 8. The molecule has 1 unspecified atom stereocenters. The lowest BCUT2D eigenvalue weighted by atomic mass is 10.3. The first-order chi connectivity index (χ1) is 8.85. The standard InChI is InChI=1S/C10H11N7O/c1-18-17-10(14-15-16-17)9(7-11)13-12-8-5-3-2-4-6-8/h2-6,10,12H,1H3,(H,14,16). The molecule has 18 heavy (non-hydrogen) atoms. The van der Waals surface area contributed by atoms with Crippen LogP contribution >= 0.6 is 0 Å². The van der Waals surface area contributed by atoms with E-state index in [-0.39, 0.29) is 5.71 Å². The number of nitrogens with one attached hydrogen (secondary N) is 2. The fourth-order valence-corrected chi connectivity index (χ4v) is 1.31. The third-order valence-corrected chi connectivity index (χ3v) is 2.17. The minimum atomic E-state index is -0.698. The number of hydrogen-bond donors (Lipinski definition) is 2. The van der Waals surface area contributed by atoms with Gasteiger partial charge in [-0.2, -0.15) is 15.9 Å². The van der Waals surface area contributed by atoms with Gasteiger partial charge < -0.3 is 0 Å². The molecule has 0 saturated heterocycles. The maximum atomic E-state index is 9.05. The van der Waals surface area contributed by atoms with Crippen molar-refractivity contribution in [2.75, 3.05) is 12.5 Å². The highest BCUT2D eigenvalue weighted by Crippen LogP contribution is 2.09. The van der Waals surface area contributed by atoms with E-state index in [1.165, 1.54) is 12.3 Å². The quantitative estimate of drug-likeness (QED) is 0.610. The molecular weight excluding hydrogens is 234 g/mol. The Balaban J connectivity index is 2.09. The largest absolute Gasteiger partial charge is 0.279 e. The molecule has 8 heteroatoms. The van der Waals surface area contributed by atoms with Gasteiger partial charge >= 0.3 is 0 Å². The number of hydrazine groups is 1. The van der Waals surface area contributed by atoms with Crippen molar-refractivity contribution in [3.63, 3.8) is 0 Å². The van der Waals surface area contributed by atoms with Crippen molar-refractivity contribution < 1.29 is 4.84 Å². The molecule has 1 aromatic rings. The maximum absolute atomic E-state index is 9.05. The van der Waals surface area contributed by atoms with E-state index in [1.807, 2.05) is 36.4 Å². The molecule has 0 amide bonds. The molecular formula is C10H11N7O. The predicted molar refractivity (Wildman–Crippen MR) is 63.7 cm³/mol. The normalized spacial score (nSPS) is 19.3. The molecule has 92 valence electrons. The van der Waals surface area contributed by atoms with E-state index in [9.17, 15) is 0 Å². The monoisotopic (exact) mass is 245 g/mol. The van der Waals surface area contributed by atoms with Crippen molar-refractivity contribution in [1.82, 2.24) is 10.7 Å². The molecule has 1 atom stereocenters. The summed E-state index contributed by atoms with van der Waals surface area (Å²) in [6, 6.07) is 11.2. The van der Waals surface area contributed by atoms with Crippen LogP contribution in [0.5, 0.6) is 0 Å². The van der Waals surface area contributed by atoms with Crippen LogP contribution in [0.2, 0.25) is 0 Å². The summed E-state index contributed by atoms with van der Waals surface area (Å²) in [7, 11) is 1.44. The Bertz CT molecular complexity index is 493. The molecule has 0 fully saturated rings. The predicted octanol–water partition coefficient (Wildman–Crippen LogP) is 1.05. The zero-order chi connectivity index (χ0) is 12.8. The molecule has 0 aromatic heterocycles. The summed E-state index contributed by atoms with van der Waals surface area (Å²) in [5.74, 6) is 0. The average molecular weight is 245 g/mol. The van der Waals surface area contributed by atoms with Crippen LogP contribution in [0.1, 0.15) is 0 Å². The van der Waals surface area contributed by atoms with Crippen molar-refractivity contribution in [1.29, 1.82) is 5.26 Å². The number of rotatable bonds is 4. The highest BCUT2D eigenvalue weighted by atomic mass is 16.7. The van der Waals surface area contributed by atoms with E-state index < -0.39 is 6.17 Å². The third kappa shape index (κ3) is 2.60. The molecule has 2 N–H and O–H groups in total. The van der Waals surface area contributed by atoms with Crippen LogP contribution in [0.3, 0.4) is 0 Å². The molecule has 0 radical (unpaired) electrons. The van der Waals surface area contributed by atoms with E-state index in [0.29, 0.717) is 0 Å². The zero-order valence-corrected chi connectivity index (χ0v) is 9.61. The first-order valence-corrected chi connectivity index (χ1v) is 5.12. The fraction of sp³-hybridized carbons (Fsp3) is 0.200. The number of para-hydroxylation sites is 1. The van der Waals surface area contributed by atoms with Crippen molar-refractivity contribution >= 4 is 11.4 Å². The van der Waals surface area contributed by atoms with Crippen LogP contribution in [0.4, 0.5) is 5.69 Å². The molecule has 1 aromatic carbocycles. The molecule has 0 saturated carbocycles. The molecule has 1 aliphatic heterocycles. The second kappa shape index (κ2) is 5.72. The first kappa shape index (κ1) is 12.0. The van der Waals surface area contributed by atoms with Crippen LogP contribution in [-0.2, 0) is 4.84 Å². The summed E-state index contributed by atoms with van der Waals surface area (Å²) in [5.41, 5.74) is 6.16. The second-order valence-electron chi connectivity index (χ2n) is 3.28. The Labute approximate surface area is 103 Å². The Morgan fingerprint density at radius 2 is 2.33 bits per heavy atom. The molecule has 0 aliphatic carbocycles. The summed E-state index contributed by atoms with van der Waals surface area (Å²) in [6.07, 6.45) is -0.698. The van der Waals surface area contributed by atoms with Gasteiger partial charge in [-0.25, -0.2) is 0 Å². The van der Waals surface area contributed by atoms with Gasteiger partial charge in [0.2, 0.25) is 6.17 Å². The van der Waals surface area contributed by atoms with Gasteiger partial charge in [0.1, 0.15) is 6.07 Å². The fourth-order valence-electron chi connectivity index (χ4n) is 1.31. The second-order valence-corrected chi connectivity index (χ2v) is 3.28.